The zero-order valence-corrected chi connectivity index (χ0v) is 22.2. The molecule has 0 aliphatic carbocycles. The van der Waals surface area contributed by atoms with Crippen LogP contribution in [-0.4, -0.2) is 0 Å². The summed E-state index contributed by atoms with van der Waals surface area (Å²) >= 11 is 0. The summed E-state index contributed by atoms with van der Waals surface area (Å²) in [6.45, 7) is 12.6. The molecule has 0 aliphatic heterocycles. The van der Waals surface area contributed by atoms with E-state index < -0.39 is 0 Å². The van der Waals surface area contributed by atoms with Crippen molar-refractivity contribution < 1.29 is 4.74 Å². The van der Waals surface area contributed by atoms with E-state index in [1.54, 1.807) is 0 Å². The van der Waals surface area contributed by atoms with Crippen LogP contribution in [0, 0.1) is 6.92 Å². The van der Waals surface area contributed by atoms with Gasteiger partial charge in [-0.25, -0.2) is 0 Å². The Labute approximate surface area is 216 Å². The molecule has 3 nitrogen and oxygen atoms in total. The monoisotopic (exact) mass is 478 g/mol. The van der Waals surface area contributed by atoms with Crippen LogP contribution in [0.1, 0.15) is 55.5 Å². The molecule has 4 rings (SSSR count). The van der Waals surface area contributed by atoms with E-state index in [1.165, 1.54) is 27.8 Å². The molecule has 2 N–H and O–H groups in total. The van der Waals surface area contributed by atoms with Crippen LogP contribution in [0.5, 0.6) is 11.5 Å². The quantitative estimate of drug-likeness (QED) is 0.252. The van der Waals surface area contributed by atoms with E-state index in [0.29, 0.717) is 0 Å². The highest BCUT2D eigenvalue weighted by Gasteiger charge is 2.24. The van der Waals surface area contributed by atoms with Gasteiger partial charge in [0.15, 0.2) is 5.75 Å². The normalized spacial score (nSPS) is 11.2. The molecule has 0 aromatic heterocycles. The fourth-order valence-electron chi connectivity index (χ4n) is 4.40. The van der Waals surface area contributed by atoms with Crippen molar-refractivity contribution in [2.24, 2.45) is 0 Å². The Hall–Kier alpha value is -3.72. The molecule has 4 aromatic carbocycles. The second kappa shape index (κ2) is 11.3. The van der Waals surface area contributed by atoms with Gasteiger partial charge in [-0.15, -0.1) is 0 Å². The summed E-state index contributed by atoms with van der Waals surface area (Å²) in [5.41, 5.74) is 8.07. The summed E-state index contributed by atoms with van der Waals surface area (Å²) in [6.07, 6.45) is 0.909. The van der Waals surface area contributed by atoms with Gasteiger partial charge in [0.05, 0.1) is 11.4 Å². The number of hydrogen-bond donors (Lipinski definition) is 2. The summed E-state index contributed by atoms with van der Waals surface area (Å²) in [7, 11) is 0. The molecule has 0 aliphatic rings. The zero-order chi connectivity index (χ0) is 25.5. The minimum atomic E-state index is -0.0463. The molecule has 186 valence electrons. The van der Waals surface area contributed by atoms with Crippen molar-refractivity contribution in [3.05, 3.63) is 119 Å². The predicted molar refractivity (Wildman–Crippen MR) is 153 cm³/mol. The first-order valence-corrected chi connectivity index (χ1v) is 12.9. The molecule has 0 radical (unpaired) electrons. The molecule has 0 spiro atoms. The number of anilines is 2. The predicted octanol–water partition coefficient (Wildman–Crippen LogP) is 8.87. The maximum Gasteiger partial charge on any atom is 0.173 e. The van der Waals surface area contributed by atoms with E-state index >= 15 is 0 Å². The highest BCUT2D eigenvalue weighted by atomic mass is 16.5. The molecule has 0 atom stereocenters. The first-order valence-electron chi connectivity index (χ1n) is 12.9. The second-order valence-electron chi connectivity index (χ2n) is 10.4. The minimum Gasteiger partial charge on any atom is -0.452 e. The lowest BCUT2D eigenvalue weighted by Crippen LogP contribution is -2.15. The lowest BCUT2D eigenvalue weighted by molar-refractivity contribution is 0.452. The maximum atomic E-state index is 6.93. The molecule has 36 heavy (non-hydrogen) atoms. The van der Waals surface area contributed by atoms with Gasteiger partial charge in [0.25, 0.3) is 0 Å². The number of para-hydroxylation sites is 1. The van der Waals surface area contributed by atoms with Gasteiger partial charge < -0.3 is 15.4 Å². The first kappa shape index (κ1) is 25.4. The van der Waals surface area contributed by atoms with Crippen LogP contribution in [-0.2, 0) is 24.9 Å². The number of nitrogens with one attached hydrogen (secondary N) is 2. The topological polar surface area (TPSA) is 33.3 Å². The third kappa shape index (κ3) is 6.28. The zero-order valence-electron chi connectivity index (χ0n) is 22.2. The van der Waals surface area contributed by atoms with Crippen molar-refractivity contribution in [2.45, 2.75) is 59.5 Å². The number of ether oxygens (including phenoxy) is 1. The molecular formula is C33H38N2O. The number of rotatable bonds is 9. The molecule has 4 aromatic rings. The second-order valence-corrected chi connectivity index (χ2v) is 10.4. The summed E-state index contributed by atoms with van der Waals surface area (Å²) in [6, 6.07) is 31.7. The summed E-state index contributed by atoms with van der Waals surface area (Å²) in [5, 5.41) is 7.26. The van der Waals surface area contributed by atoms with E-state index in [9.17, 15) is 0 Å². The molecule has 0 unspecified atom stereocenters. The third-order valence-corrected chi connectivity index (χ3v) is 6.37. The molecule has 3 heteroatoms. The smallest absolute Gasteiger partial charge is 0.173 e. The average molecular weight is 479 g/mol. The van der Waals surface area contributed by atoms with E-state index in [-0.39, 0.29) is 5.41 Å². The first-order chi connectivity index (χ1) is 17.3. The Morgan fingerprint density at radius 1 is 0.667 bits per heavy atom. The van der Waals surface area contributed by atoms with E-state index in [4.69, 9.17) is 4.74 Å². The lowest BCUT2D eigenvalue weighted by atomic mass is 9.83. The van der Waals surface area contributed by atoms with Crippen molar-refractivity contribution >= 4 is 11.4 Å². The van der Waals surface area contributed by atoms with Gasteiger partial charge in [-0.05, 0) is 47.6 Å². The summed E-state index contributed by atoms with van der Waals surface area (Å²) in [4.78, 5) is 0. The van der Waals surface area contributed by atoms with Gasteiger partial charge in [0, 0.05) is 18.7 Å². The van der Waals surface area contributed by atoms with Gasteiger partial charge in [0.2, 0.25) is 0 Å². The largest absolute Gasteiger partial charge is 0.452 e. The van der Waals surface area contributed by atoms with Crippen molar-refractivity contribution in [2.75, 3.05) is 10.6 Å². The lowest BCUT2D eigenvalue weighted by Gasteiger charge is -2.27. The highest BCUT2D eigenvalue weighted by Crippen LogP contribution is 2.43. The van der Waals surface area contributed by atoms with Gasteiger partial charge in [-0.2, -0.15) is 0 Å². The SMILES string of the molecule is CCc1cc(C)cc(C(C)(C)C)c1Oc1c(NCc2ccccc2)cccc1NCc1ccccc1. The Morgan fingerprint density at radius 2 is 1.19 bits per heavy atom. The van der Waals surface area contributed by atoms with Gasteiger partial charge in [-0.3, -0.25) is 0 Å². The van der Waals surface area contributed by atoms with Crippen LogP contribution in [0.3, 0.4) is 0 Å². The van der Waals surface area contributed by atoms with Gasteiger partial charge in [0.1, 0.15) is 5.75 Å². The third-order valence-electron chi connectivity index (χ3n) is 6.37. The molecule has 0 fully saturated rings. The van der Waals surface area contributed by atoms with Crippen LogP contribution in [0.2, 0.25) is 0 Å². The number of aryl methyl sites for hydroxylation is 2. The number of benzene rings is 4. The van der Waals surface area contributed by atoms with Gasteiger partial charge in [-0.1, -0.05) is 112 Å². The molecule has 0 heterocycles. The summed E-state index contributed by atoms with van der Waals surface area (Å²) < 4.78 is 6.93. The standard InChI is InChI=1S/C33H38N2O/c1-6-27-20-24(2)21-28(33(3,4)5)31(27)36-32-29(34-22-25-14-9-7-10-15-25)18-13-19-30(32)35-23-26-16-11-8-12-17-26/h7-21,34-35H,6,22-23H2,1-5H3. The van der Waals surface area contributed by atoms with Crippen molar-refractivity contribution in [3.8, 4) is 11.5 Å². The van der Waals surface area contributed by atoms with Gasteiger partial charge >= 0.3 is 0 Å². The Morgan fingerprint density at radius 3 is 1.67 bits per heavy atom. The van der Waals surface area contributed by atoms with Crippen LogP contribution in [0.15, 0.2) is 91.0 Å². The molecule has 0 saturated heterocycles. The number of hydrogen-bond acceptors (Lipinski definition) is 3. The van der Waals surface area contributed by atoms with Crippen molar-refractivity contribution in [3.63, 3.8) is 0 Å². The fraction of sp³-hybridized carbons (Fsp3) is 0.273. The Kier molecular flexibility index (Phi) is 8.00. The van der Waals surface area contributed by atoms with Crippen LogP contribution in [0.25, 0.3) is 0 Å². The van der Waals surface area contributed by atoms with Crippen molar-refractivity contribution in [1.82, 2.24) is 0 Å². The molecule has 0 bridgehead atoms. The molecule has 0 amide bonds. The van der Waals surface area contributed by atoms with E-state index in [0.717, 1.165) is 42.4 Å². The van der Waals surface area contributed by atoms with Crippen LogP contribution < -0.4 is 15.4 Å². The Bertz CT molecular complexity index is 1210. The maximum absolute atomic E-state index is 6.93. The fourth-order valence-corrected chi connectivity index (χ4v) is 4.40. The van der Waals surface area contributed by atoms with Crippen LogP contribution >= 0.6 is 0 Å². The Balaban J connectivity index is 1.75. The summed E-state index contributed by atoms with van der Waals surface area (Å²) in [5.74, 6) is 1.79. The molecule has 0 saturated carbocycles. The minimum absolute atomic E-state index is 0.0463. The highest BCUT2D eigenvalue weighted by molar-refractivity contribution is 5.73. The van der Waals surface area contributed by atoms with E-state index in [2.05, 4.69) is 124 Å². The van der Waals surface area contributed by atoms with Crippen molar-refractivity contribution in [1.29, 1.82) is 0 Å². The van der Waals surface area contributed by atoms with E-state index in [1.807, 2.05) is 12.1 Å². The molecular weight excluding hydrogens is 440 g/mol. The average Bonchev–Trinajstić information content (AvgIpc) is 2.88. The van der Waals surface area contributed by atoms with Crippen LogP contribution in [0.4, 0.5) is 11.4 Å².